The number of nitrogens with zero attached hydrogens (tertiary/aromatic N) is 2. The first-order valence-electron chi connectivity index (χ1n) is 5.67. The maximum absolute atomic E-state index is 12.6. The van der Waals surface area contributed by atoms with Crippen LogP contribution in [0.4, 0.5) is 4.39 Å². The fraction of sp³-hybridized carbons (Fsp3) is 0.583. The standard InChI is InChI=1S/C12H17FN2O/c1-9(2)15-6-5-11(8-15)16-12-4-3-10(13)7-14-12/h3-4,7,9,11H,5-6,8H2,1-2H3/t11-/m1/s1. The minimum absolute atomic E-state index is 0.181. The first-order chi connectivity index (χ1) is 7.65. The zero-order valence-corrected chi connectivity index (χ0v) is 9.69. The van der Waals surface area contributed by atoms with Crippen LogP contribution in [0.5, 0.6) is 5.88 Å². The fourth-order valence-electron chi connectivity index (χ4n) is 1.92. The summed E-state index contributed by atoms with van der Waals surface area (Å²) < 4.78 is 18.3. The summed E-state index contributed by atoms with van der Waals surface area (Å²) in [6, 6.07) is 3.50. The van der Waals surface area contributed by atoms with Crippen LogP contribution in [-0.2, 0) is 0 Å². The molecule has 2 rings (SSSR count). The Morgan fingerprint density at radius 3 is 2.88 bits per heavy atom. The molecule has 0 radical (unpaired) electrons. The van der Waals surface area contributed by atoms with Gasteiger partial charge in [-0.1, -0.05) is 0 Å². The second kappa shape index (κ2) is 4.78. The minimum Gasteiger partial charge on any atom is -0.473 e. The van der Waals surface area contributed by atoms with E-state index in [1.54, 1.807) is 6.07 Å². The molecule has 88 valence electrons. The van der Waals surface area contributed by atoms with Crippen LogP contribution in [0.15, 0.2) is 18.3 Å². The second-order valence-electron chi connectivity index (χ2n) is 4.43. The van der Waals surface area contributed by atoms with Crippen LogP contribution in [0.3, 0.4) is 0 Å². The van der Waals surface area contributed by atoms with Gasteiger partial charge in [-0.05, 0) is 26.3 Å². The van der Waals surface area contributed by atoms with Gasteiger partial charge in [0.1, 0.15) is 11.9 Å². The maximum atomic E-state index is 12.6. The Morgan fingerprint density at radius 1 is 1.50 bits per heavy atom. The molecule has 0 saturated carbocycles. The molecule has 16 heavy (non-hydrogen) atoms. The molecule has 1 aliphatic heterocycles. The number of halogens is 1. The lowest BCUT2D eigenvalue weighted by Gasteiger charge is -2.20. The third kappa shape index (κ3) is 2.70. The van der Waals surface area contributed by atoms with Crippen molar-refractivity contribution in [1.29, 1.82) is 0 Å². The number of ether oxygens (including phenoxy) is 1. The van der Waals surface area contributed by atoms with Gasteiger partial charge in [0, 0.05) is 25.2 Å². The van der Waals surface area contributed by atoms with Crippen LogP contribution in [0.2, 0.25) is 0 Å². The Hall–Kier alpha value is -1.16. The van der Waals surface area contributed by atoms with E-state index in [-0.39, 0.29) is 11.9 Å². The smallest absolute Gasteiger partial charge is 0.213 e. The zero-order valence-electron chi connectivity index (χ0n) is 9.69. The molecule has 1 atom stereocenters. The summed E-state index contributed by atoms with van der Waals surface area (Å²) in [4.78, 5) is 6.27. The normalized spacial score (nSPS) is 21.6. The summed E-state index contributed by atoms with van der Waals surface area (Å²) in [7, 11) is 0. The highest BCUT2D eigenvalue weighted by molar-refractivity contribution is 5.11. The molecule has 1 fully saturated rings. The molecule has 0 bridgehead atoms. The molecular weight excluding hydrogens is 207 g/mol. The molecule has 0 amide bonds. The van der Waals surface area contributed by atoms with E-state index in [9.17, 15) is 4.39 Å². The number of aromatic nitrogens is 1. The average molecular weight is 224 g/mol. The largest absolute Gasteiger partial charge is 0.473 e. The highest BCUT2D eigenvalue weighted by atomic mass is 19.1. The van der Waals surface area contributed by atoms with Crippen molar-refractivity contribution in [3.63, 3.8) is 0 Å². The fourth-order valence-corrected chi connectivity index (χ4v) is 1.92. The number of pyridine rings is 1. The Morgan fingerprint density at radius 2 is 2.31 bits per heavy atom. The van der Waals surface area contributed by atoms with E-state index in [1.807, 2.05) is 0 Å². The monoisotopic (exact) mass is 224 g/mol. The highest BCUT2D eigenvalue weighted by Crippen LogP contribution is 2.18. The molecule has 1 saturated heterocycles. The summed E-state index contributed by atoms with van der Waals surface area (Å²) in [5.41, 5.74) is 0. The Labute approximate surface area is 95.2 Å². The number of likely N-dealkylation sites (tertiary alicyclic amines) is 1. The topological polar surface area (TPSA) is 25.4 Å². The molecule has 1 aromatic rings. The summed E-state index contributed by atoms with van der Waals surface area (Å²) in [5, 5.41) is 0. The van der Waals surface area contributed by atoms with Crippen molar-refractivity contribution in [2.24, 2.45) is 0 Å². The van der Waals surface area contributed by atoms with Crippen molar-refractivity contribution in [2.45, 2.75) is 32.4 Å². The van der Waals surface area contributed by atoms with Crippen molar-refractivity contribution in [3.05, 3.63) is 24.1 Å². The van der Waals surface area contributed by atoms with Gasteiger partial charge in [0.05, 0.1) is 6.20 Å². The van der Waals surface area contributed by atoms with Crippen LogP contribution in [-0.4, -0.2) is 35.1 Å². The van der Waals surface area contributed by atoms with Crippen molar-refractivity contribution < 1.29 is 9.13 Å². The lowest BCUT2D eigenvalue weighted by Crippen LogP contribution is -2.30. The molecule has 0 spiro atoms. The van der Waals surface area contributed by atoms with E-state index in [0.29, 0.717) is 11.9 Å². The zero-order chi connectivity index (χ0) is 11.5. The molecular formula is C12H17FN2O. The molecule has 1 aliphatic rings. The summed E-state index contributed by atoms with van der Waals surface area (Å²) in [6.45, 7) is 6.34. The van der Waals surface area contributed by atoms with Gasteiger partial charge in [-0.2, -0.15) is 0 Å². The minimum atomic E-state index is -0.331. The third-order valence-electron chi connectivity index (χ3n) is 2.89. The van der Waals surface area contributed by atoms with Gasteiger partial charge in [0.15, 0.2) is 0 Å². The SMILES string of the molecule is CC(C)N1CC[C@@H](Oc2ccc(F)cn2)C1. The lowest BCUT2D eigenvalue weighted by atomic mass is 10.3. The van der Waals surface area contributed by atoms with E-state index in [1.165, 1.54) is 12.3 Å². The molecule has 0 N–H and O–H groups in total. The van der Waals surface area contributed by atoms with E-state index in [2.05, 4.69) is 23.7 Å². The van der Waals surface area contributed by atoms with Gasteiger partial charge in [-0.15, -0.1) is 0 Å². The van der Waals surface area contributed by atoms with Gasteiger partial charge < -0.3 is 4.74 Å². The number of hydrogen-bond acceptors (Lipinski definition) is 3. The van der Waals surface area contributed by atoms with Crippen LogP contribution in [0, 0.1) is 5.82 Å². The highest BCUT2D eigenvalue weighted by Gasteiger charge is 2.25. The summed E-state index contributed by atoms with van der Waals surface area (Å²) >= 11 is 0. The van der Waals surface area contributed by atoms with Gasteiger partial charge in [0.2, 0.25) is 5.88 Å². The van der Waals surface area contributed by atoms with E-state index >= 15 is 0 Å². The Bertz CT molecular complexity index is 339. The number of rotatable bonds is 3. The Balaban J connectivity index is 1.89. The predicted molar refractivity (Wildman–Crippen MR) is 59.9 cm³/mol. The van der Waals surface area contributed by atoms with Crippen LogP contribution >= 0.6 is 0 Å². The molecule has 1 aromatic heterocycles. The van der Waals surface area contributed by atoms with Crippen LogP contribution in [0.1, 0.15) is 20.3 Å². The Kier molecular flexibility index (Phi) is 3.39. The first kappa shape index (κ1) is 11.3. The van der Waals surface area contributed by atoms with Crippen molar-refractivity contribution in [1.82, 2.24) is 9.88 Å². The van der Waals surface area contributed by atoms with Crippen molar-refractivity contribution in [2.75, 3.05) is 13.1 Å². The molecule has 0 unspecified atom stereocenters. The summed E-state index contributed by atoms with van der Waals surface area (Å²) in [6.07, 6.45) is 2.38. The molecule has 0 aliphatic carbocycles. The predicted octanol–water partition coefficient (Wildman–Crippen LogP) is 2.08. The average Bonchev–Trinajstić information content (AvgIpc) is 2.70. The maximum Gasteiger partial charge on any atom is 0.213 e. The molecule has 2 heterocycles. The van der Waals surface area contributed by atoms with Crippen LogP contribution < -0.4 is 4.74 Å². The van der Waals surface area contributed by atoms with E-state index in [0.717, 1.165) is 19.5 Å². The molecule has 0 aromatic carbocycles. The van der Waals surface area contributed by atoms with Gasteiger partial charge in [-0.3, -0.25) is 4.90 Å². The van der Waals surface area contributed by atoms with Crippen molar-refractivity contribution >= 4 is 0 Å². The quantitative estimate of drug-likeness (QED) is 0.786. The van der Waals surface area contributed by atoms with E-state index in [4.69, 9.17) is 4.74 Å². The number of hydrogen-bond donors (Lipinski definition) is 0. The molecule has 4 heteroatoms. The third-order valence-corrected chi connectivity index (χ3v) is 2.89. The summed E-state index contributed by atoms with van der Waals surface area (Å²) in [5.74, 6) is 0.180. The second-order valence-corrected chi connectivity index (χ2v) is 4.43. The van der Waals surface area contributed by atoms with Crippen LogP contribution in [0.25, 0.3) is 0 Å². The first-order valence-corrected chi connectivity index (χ1v) is 5.67. The van der Waals surface area contributed by atoms with E-state index < -0.39 is 0 Å². The van der Waals surface area contributed by atoms with Crippen molar-refractivity contribution in [3.8, 4) is 5.88 Å². The van der Waals surface area contributed by atoms with Gasteiger partial charge in [-0.25, -0.2) is 9.37 Å². The van der Waals surface area contributed by atoms with Gasteiger partial charge in [0.25, 0.3) is 0 Å². The van der Waals surface area contributed by atoms with Gasteiger partial charge >= 0.3 is 0 Å². The lowest BCUT2D eigenvalue weighted by molar-refractivity contribution is 0.181. The molecule has 3 nitrogen and oxygen atoms in total.